The van der Waals surface area contributed by atoms with Gasteiger partial charge >= 0.3 is 0 Å². The normalized spacial score (nSPS) is 16.8. The van der Waals surface area contributed by atoms with E-state index in [0.717, 1.165) is 22.9 Å². The van der Waals surface area contributed by atoms with Crippen molar-refractivity contribution >= 4 is 16.7 Å². The summed E-state index contributed by atoms with van der Waals surface area (Å²) in [5, 5.41) is 2.33. The lowest BCUT2D eigenvalue weighted by Crippen LogP contribution is -2.37. The first-order chi connectivity index (χ1) is 15.8. The third kappa shape index (κ3) is 4.55. The summed E-state index contributed by atoms with van der Waals surface area (Å²) in [7, 11) is 0. The predicted octanol–water partition coefficient (Wildman–Crippen LogP) is 3.81. The number of ether oxygens (including phenoxy) is 1. The topological polar surface area (TPSA) is 60.2 Å². The minimum absolute atomic E-state index is 0.0685. The largest absolute Gasteiger partial charge is 0.379 e. The van der Waals surface area contributed by atoms with Crippen LogP contribution in [0.2, 0.25) is 0 Å². The standard InChI is InChI=1S/C26H26N4O2/c31-26(25-4-2-1-3-23(25)17-29-10-9-28-19-29)30-11-12-32-18-21(16-30)13-20-5-6-22-7-8-27-15-24(22)14-20/h1-10,14-15,19,21H,11-13,16-18H2. The van der Waals surface area contributed by atoms with Crippen LogP contribution in [0.5, 0.6) is 0 Å². The highest BCUT2D eigenvalue weighted by atomic mass is 16.5. The van der Waals surface area contributed by atoms with Crippen LogP contribution in [0.1, 0.15) is 21.5 Å². The molecular weight excluding hydrogens is 400 g/mol. The van der Waals surface area contributed by atoms with Crippen LogP contribution < -0.4 is 0 Å². The molecule has 0 bridgehead atoms. The summed E-state index contributed by atoms with van der Waals surface area (Å²) in [6.45, 7) is 3.14. The van der Waals surface area contributed by atoms with Crippen molar-refractivity contribution in [1.82, 2.24) is 19.4 Å². The van der Waals surface area contributed by atoms with Gasteiger partial charge in [-0.2, -0.15) is 0 Å². The Morgan fingerprint density at radius 2 is 2.00 bits per heavy atom. The number of benzene rings is 2. The van der Waals surface area contributed by atoms with Crippen molar-refractivity contribution in [2.75, 3.05) is 26.3 Å². The van der Waals surface area contributed by atoms with Gasteiger partial charge in [0.05, 0.1) is 19.5 Å². The SMILES string of the molecule is O=C(c1ccccc1Cn1ccnc1)N1CCOCC(Cc2ccc3ccncc3c2)C1. The molecule has 1 fully saturated rings. The number of aromatic nitrogens is 3. The van der Waals surface area contributed by atoms with Crippen LogP contribution >= 0.6 is 0 Å². The molecule has 0 saturated carbocycles. The van der Waals surface area contributed by atoms with Gasteiger partial charge in [-0.15, -0.1) is 0 Å². The second kappa shape index (κ2) is 9.32. The molecule has 2 aromatic carbocycles. The van der Waals surface area contributed by atoms with Gasteiger partial charge in [0, 0.05) is 61.3 Å². The summed E-state index contributed by atoms with van der Waals surface area (Å²) < 4.78 is 7.86. The molecule has 0 spiro atoms. The summed E-state index contributed by atoms with van der Waals surface area (Å²) in [6, 6.07) is 16.4. The van der Waals surface area contributed by atoms with Gasteiger partial charge in [-0.25, -0.2) is 4.98 Å². The molecule has 1 amide bonds. The van der Waals surface area contributed by atoms with Crippen molar-refractivity contribution in [2.45, 2.75) is 13.0 Å². The Hall–Kier alpha value is -3.51. The van der Waals surface area contributed by atoms with Gasteiger partial charge in [0.1, 0.15) is 0 Å². The van der Waals surface area contributed by atoms with Crippen LogP contribution in [-0.4, -0.2) is 51.6 Å². The number of imidazole rings is 1. The van der Waals surface area contributed by atoms with E-state index in [4.69, 9.17) is 4.74 Å². The van der Waals surface area contributed by atoms with E-state index in [9.17, 15) is 4.79 Å². The summed E-state index contributed by atoms with van der Waals surface area (Å²) >= 11 is 0. The highest BCUT2D eigenvalue weighted by molar-refractivity contribution is 5.95. The highest BCUT2D eigenvalue weighted by Crippen LogP contribution is 2.21. The lowest BCUT2D eigenvalue weighted by atomic mass is 9.97. The molecule has 0 N–H and O–H groups in total. The quantitative estimate of drug-likeness (QED) is 0.487. The van der Waals surface area contributed by atoms with Gasteiger partial charge in [-0.3, -0.25) is 9.78 Å². The molecule has 1 unspecified atom stereocenters. The van der Waals surface area contributed by atoms with Crippen LogP contribution in [0.3, 0.4) is 0 Å². The summed E-state index contributed by atoms with van der Waals surface area (Å²) in [5.41, 5.74) is 2.99. The fourth-order valence-electron chi connectivity index (χ4n) is 4.40. The molecule has 6 nitrogen and oxygen atoms in total. The number of fused-ring (bicyclic) bond motifs is 1. The van der Waals surface area contributed by atoms with E-state index in [1.54, 1.807) is 12.5 Å². The molecule has 1 aliphatic rings. The number of pyridine rings is 1. The molecule has 5 rings (SSSR count). The number of carbonyl (C=O) groups excluding carboxylic acids is 1. The zero-order valence-corrected chi connectivity index (χ0v) is 17.9. The zero-order valence-electron chi connectivity index (χ0n) is 17.9. The minimum atomic E-state index is 0.0685. The molecule has 6 heteroatoms. The number of hydrogen-bond acceptors (Lipinski definition) is 4. The Bertz CT molecular complexity index is 1210. The maximum Gasteiger partial charge on any atom is 0.254 e. The molecule has 1 aliphatic heterocycles. The average molecular weight is 427 g/mol. The van der Waals surface area contributed by atoms with Crippen molar-refractivity contribution < 1.29 is 9.53 Å². The maximum absolute atomic E-state index is 13.5. The van der Waals surface area contributed by atoms with Crippen LogP contribution in [0.15, 0.2) is 79.6 Å². The molecule has 1 atom stereocenters. The summed E-state index contributed by atoms with van der Waals surface area (Å²) in [4.78, 5) is 23.8. The first-order valence-electron chi connectivity index (χ1n) is 11.0. The lowest BCUT2D eigenvalue weighted by molar-refractivity contribution is 0.0736. The Labute approximate surface area is 187 Å². The number of carbonyl (C=O) groups is 1. The molecule has 4 aromatic rings. The van der Waals surface area contributed by atoms with E-state index in [-0.39, 0.29) is 11.8 Å². The third-order valence-corrected chi connectivity index (χ3v) is 6.01. The predicted molar refractivity (Wildman–Crippen MR) is 123 cm³/mol. The molecular formula is C26H26N4O2. The Morgan fingerprint density at radius 1 is 1.06 bits per heavy atom. The second-order valence-corrected chi connectivity index (χ2v) is 8.35. The molecule has 0 aliphatic carbocycles. The van der Waals surface area contributed by atoms with E-state index >= 15 is 0 Å². The fraction of sp³-hybridized carbons (Fsp3) is 0.269. The Morgan fingerprint density at radius 3 is 2.91 bits per heavy atom. The zero-order chi connectivity index (χ0) is 21.8. The maximum atomic E-state index is 13.5. The summed E-state index contributed by atoms with van der Waals surface area (Å²) in [6.07, 6.45) is 10.0. The number of hydrogen-bond donors (Lipinski definition) is 0. The van der Waals surface area contributed by atoms with Crippen molar-refractivity contribution in [2.24, 2.45) is 5.92 Å². The third-order valence-electron chi connectivity index (χ3n) is 6.01. The van der Waals surface area contributed by atoms with Gasteiger partial charge in [0.15, 0.2) is 0 Å². The van der Waals surface area contributed by atoms with Gasteiger partial charge in [0.25, 0.3) is 5.91 Å². The van der Waals surface area contributed by atoms with E-state index in [2.05, 4.69) is 28.2 Å². The molecule has 162 valence electrons. The van der Waals surface area contributed by atoms with Crippen LogP contribution in [-0.2, 0) is 17.7 Å². The fourth-order valence-corrected chi connectivity index (χ4v) is 4.40. The van der Waals surface area contributed by atoms with Gasteiger partial charge in [0.2, 0.25) is 0 Å². The number of rotatable bonds is 5. The van der Waals surface area contributed by atoms with E-state index < -0.39 is 0 Å². The minimum Gasteiger partial charge on any atom is -0.379 e. The molecule has 32 heavy (non-hydrogen) atoms. The Balaban J connectivity index is 1.33. The molecule has 3 heterocycles. The van der Waals surface area contributed by atoms with Gasteiger partial charge in [-0.05, 0) is 41.1 Å². The van der Waals surface area contributed by atoms with Crippen LogP contribution in [0.25, 0.3) is 10.8 Å². The van der Waals surface area contributed by atoms with Gasteiger partial charge < -0.3 is 14.2 Å². The van der Waals surface area contributed by atoms with Crippen molar-refractivity contribution in [3.63, 3.8) is 0 Å². The van der Waals surface area contributed by atoms with Crippen LogP contribution in [0.4, 0.5) is 0 Å². The number of amides is 1. The van der Waals surface area contributed by atoms with Crippen molar-refractivity contribution in [3.8, 4) is 0 Å². The van der Waals surface area contributed by atoms with E-state index in [1.807, 2.05) is 58.4 Å². The molecule has 0 radical (unpaired) electrons. The van der Waals surface area contributed by atoms with Gasteiger partial charge in [-0.1, -0.05) is 30.3 Å². The first kappa shape index (κ1) is 20.4. The number of nitrogens with zero attached hydrogens (tertiary/aromatic N) is 4. The van der Waals surface area contributed by atoms with E-state index in [1.165, 1.54) is 10.9 Å². The summed E-state index contributed by atoms with van der Waals surface area (Å²) in [5.74, 6) is 0.315. The van der Waals surface area contributed by atoms with Crippen molar-refractivity contribution in [3.05, 3.63) is 96.3 Å². The first-order valence-corrected chi connectivity index (χ1v) is 11.0. The second-order valence-electron chi connectivity index (χ2n) is 8.35. The monoisotopic (exact) mass is 426 g/mol. The smallest absolute Gasteiger partial charge is 0.254 e. The Kier molecular flexibility index (Phi) is 5.94. The average Bonchev–Trinajstić information content (AvgIpc) is 3.23. The highest BCUT2D eigenvalue weighted by Gasteiger charge is 2.25. The molecule has 1 saturated heterocycles. The van der Waals surface area contributed by atoms with Crippen LogP contribution in [0, 0.1) is 5.92 Å². The lowest BCUT2D eigenvalue weighted by Gasteiger charge is -2.25. The van der Waals surface area contributed by atoms with E-state index in [0.29, 0.717) is 32.8 Å². The molecule has 2 aromatic heterocycles. The van der Waals surface area contributed by atoms with Crippen molar-refractivity contribution in [1.29, 1.82) is 0 Å².